The molecule has 0 saturated carbocycles. The molecule has 6 nitrogen and oxygen atoms in total. The number of aromatic nitrogens is 2. The summed E-state index contributed by atoms with van der Waals surface area (Å²) in [5.41, 5.74) is 1.00. The predicted octanol–water partition coefficient (Wildman–Crippen LogP) is 1.88. The summed E-state index contributed by atoms with van der Waals surface area (Å²) < 4.78 is 26.8. The smallest absolute Gasteiger partial charge is 0.240 e. The Kier molecular flexibility index (Phi) is 4.40. The summed E-state index contributed by atoms with van der Waals surface area (Å²) in [6.45, 7) is 4.12. The fraction of sp³-hybridized carbons (Fsp3) is 0.286. The molecular formula is C14H16N4O2S. The largest absolute Gasteiger partial charge is 0.345 e. The van der Waals surface area contributed by atoms with Gasteiger partial charge in [0.2, 0.25) is 10.0 Å². The number of sulfonamides is 1. The van der Waals surface area contributed by atoms with Crippen LogP contribution in [0, 0.1) is 11.3 Å². The minimum Gasteiger partial charge on any atom is -0.345 e. The molecule has 0 fully saturated rings. The van der Waals surface area contributed by atoms with E-state index in [0.29, 0.717) is 11.3 Å². The Morgan fingerprint density at radius 1 is 1.43 bits per heavy atom. The van der Waals surface area contributed by atoms with Crippen LogP contribution < -0.4 is 4.72 Å². The van der Waals surface area contributed by atoms with Gasteiger partial charge < -0.3 is 4.98 Å². The topological polar surface area (TPSA) is 98.6 Å². The highest BCUT2D eigenvalue weighted by molar-refractivity contribution is 7.89. The molecule has 0 atom stereocenters. The van der Waals surface area contributed by atoms with Gasteiger partial charge in [0.05, 0.1) is 23.1 Å². The molecule has 0 unspecified atom stereocenters. The molecule has 2 rings (SSSR count). The average Bonchev–Trinajstić information content (AvgIpc) is 2.94. The molecule has 0 aliphatic heterocycles. The highest BCUT2D eigenvalue weighted by Crippen LogP contribution is 2.13. The number of nitriles is 1. The molecule has 21 heavy (non-hydrogen) atoms. The first-order valence-corrected chi connectivity index (χ1v) is 7.94. The van der Waals surface area contributed by atoms with Crippen LogP contribution >= 0.6 is 0 Å². The number of hydrogen-bond acceptors (Lipinski definition) is 4. The summed E-state index contributed by atoms with van der Waals surface area (Å²) >= 11 is 0. The Hall–Kier alpha value is -2.17. The number of hydrogen-bond donors (Lipinski definition) is 2. The molecule has 0 aliphatic rings. The van der Waals surface area contributed by atoms with Gasteiger partial charge in [0.25, 0.3) is 0 Å². The van der Waals surface area contributed by atoms with Gasteiger partial charge in [0, 0.05) is 17.8 Å². The second-order valence-corrected chi connectivity index (χ2v) is 6.68. The van der Waals surface area contributed by atoms with Crippen LogP contribution in [0.25, 0.3) is 0 Å². The van der Waals surface area contributed by atoms with Gasteiger partial charge >= 0.3 is 0 Å². The molecular weight excluding hydrogens is 288 g/mol. The first-order valence-electron chi connectivity index (χ1n) is 6.46. The number of rotatable bonds is 5. The van der Waals surface area contributed by atoms with Crippen LogP contribution in [0.2, 0.25) is 0 Å². The zero-order chi connectivity index (χ0) is 15.5. The van der Waals surface area contributed by atoms with E-state index in [1.165, 1.54) is 12.1 Å². The number of benzene rings is 1. The number of aromatic amines is 1. The van der Waals surface area contributed by atoms with E-state index in [0.717, 1.165) is 5.82 Å². The second-order valence-electron chi connectivity index (χ2n) is 4.91. The minimum absolute atomic E-state index is 0.0742. The predicted molar refractivity (Wildman–Crippen MR) is 77.9 cm³/mol. The van der Waals surface area contributed by atoms with E-state index in [-0.39, 0.29) is 17.4 Å². The first-order chi connectivity index (χ1) is 9.92. The maximum absolute atomic E-state index is 12.2. The quantitative estimate of drug-likeness (QED) is 0.881. The number of imidazole rings is 1. The SMILES string of the molecule is CC(C)c1ncc(CNS(=O)(=O)c2cccc(C#N)c2)[nH]1. The van der Waals surface area contributed by atoms with Gasteiger partial charge in [-0.2, -0.15) is 5.26 Å². The summed E-state index contributed by atoms with van der Waals surface area (Å²) in [4.78, 5) is 7.33. The molecule has 0 spiro atoms. The van der Waals surface area contributed by atoms with E-state index in [4.69, 9.17) is 5.26 Å². The molecule has 110 valence electrons. The van der Waals surface area contributed by atoms with Crippen molar-refractivity contribution in [1.29, 1.82) is 5.26 Å². The van der Waals surface area contributed by atoms with E-state index in [1.54, 1.807) is 18.3 Å². The molecule has 0 amide bonds. The lowest BCUT2D eigenvalue weighted by molar-refractivity contribution is 0.580. The van der Waals surface area contributed by atoms with Gasteiger partial charge in [-0.05, 0) is 18.2 Å². The molecule has 7 heteroatoms. The summed E-state index contributed by atoms with van der Waals surface area (Å²) in [5, 5.41) is 8.81. The molecule has 0 saturated heterocycles. The summed E-state index contributed by atoms with van der Waals surface area (Å²) in [6.07, 6.45) is 1.61. The normalized spacial score (nSPS) is 11.5. The standard InChI is InChI=1S/C14H16N4O2S/c1-10(2)14-16-8-12(18-14)9-17-21(19,20)13-5-3-4-11(6-13)7-15/h3-6,8,10,17H,9H2,1-2H3,(H,16,18). The Balaban J connectivity index is 2.12. The van der Waals surface area contributed by atoms with Crippen molar-refractivity contribution in [3.05, 3.63) is 47.5 Å². The molecule has 0 aliphatic carbocycles. The van der Waals surface area contributed by atoms with Crippen molar-refractivity contribution in [2.45, 2.75) is 31.2 Å². The van der Waals surface area contributed by atoms with Crippen molar-refractivity contribution in [3.63, 3.8) is 0 Å². The third kappa shape index (κ3) is 3.68. The number of nitrogens with one attached hydrogen (secondary N) is 2. The van der Waals surface area contributed by atoms with E-state index in [2.05, 4.69) is 14.7 Å². The molecule has 2 N–H and O–H groups in total. The Morgan fingerprint density at radius 2 is 2.19 bits per heavy atom. The van der Waals surface area contributed by atoms with Gasteiger partial charge in [-0.25, -0.2) is 18.1 Å². The van der Waals surface area contributed by atoms with Crippen LogP contribution in [-0.2, 0) is 16.6 Å². The highest BCUT2D eigenvalue weighted by atomic mass is 32.2. The fourth-order valence-electron chi connectivity index (χ4n) is 1.75. The van der Waals surface area contributed by atoms with E-state index < -0.39 is 10.0 Å². The van der Waals surface area contributed by atoms with Crippen LogP contribution in [0.1, 0.15) is 36.8 Å². The second kappa shape index (κ2) is 6.08. The molecule has 2 aromatic rings. The van der Waals surface area contributed by atoms with Crippen molar-refractivity contribution in [2.24, 2.45) is 0 Å². The monoisotopic (exact) mass is 304 g/mol. The van der Waals surface area contributed by atoms with Crippen molar-refractivity contribution < 1.29 is 8.42 Å². The first kappa shape index (κ1) is 15.2. The van der Waals surface area contributed by atoms with Gasteiger partial charge in [0.15, 0.2) is 0 Å². The Morgan fingerprint density at radius 3 is 2.81 bits per heavy atom. The maximum Gasteiger partial charge on any atom is 0.240 e. The molecule has 1 aromatic carbocycles. The zero-order valence-corrected chi connectivity index (χ0v) is 12.6. The van der Waals surface area contributed by atoms with Crippen molar-refractivity contribution in [2.75, 3.05) is 0 Å². The number of nitrogens with zero attached hydrogens (tertiary/aromatic N) is 2. The van der Waals surface area contributed by atoms with Crippen LogP contribution in [-0.4, -0.2) is 18.4 Å². The van der Waals surface area contributed by atoms with Crippen LogP contribution in [0.3, 0.4) is 0 Å². The molecule has 1 heterocycles. The van der Waals surface area contributed by atoms with E-state index >= 15 is 0 Å². The zero-order valence-electron chi connectivity index (χ0n) is 11.8. The lowest BCUT2D eigenvalue weighted by atomic mass is 10.2. The third-order valence-electron chi connectivity index (χ3n) is 2.92. The van der Waals surface area contributed by atoms with Crippen LogP contribution in [0.4, 0.5) is 0 Å². The van der Waals surface area contributed by atoms with Gasteiger partial charge in [-0.1, -0.05) is 19.9 Å². The van der Waals surface area contributed by atoms with Crippen LogP contribution in [0.5, 0.6) is 0 Å². The van der Waals surface area contributed by atoms with Gasteiger partial charge in [-0.15, -0.1) is 0 Å². The Bertz CT molecular complexity index is 772. The lowest BCUT2D eigenvalue weighted by Crippen LogP contribution is -2.23. The highest BCUT2D eigenvalue weighted by Gasteiger charge is 2.15. The van der Waals surface area contributed by atoms with Crippen molar-refractivity contribution in [3.8, 4) is 6.07 Å². The number of H-pyrrole nitrogens is 1. The van der Waals surface area contributed by atoms with Crippen molar-refractivity contribution in [1.82, 2.24) is 14.7 Å². The lowest BCUT2D eigenvalue weighted by Gasteiger charge is -2.06. The maximum atomic E-state index is 12.2. The van der Waals surface area contributed by atoms with Gasteiger partial charge in [0.1, 0.15) is 5.82 Å². The minimum atomic E-state index is -3.65. The third-order valence-corrected chi connectivity index (χ3v) is 4.32. The van der Waals surface area contributed by atoms with Crippen molar-refractivity contribution >= 4 is 10.0 Å². The van der Waals surface area contributed by atoms with E-state index in [1.807, 2.05) is 19.9 Å². The summed E-state index contributed by atoms with van der Waals surface area (Å²) in [6, 6.07) is 7.82. The molecule has 0 bridgehead atoms. The van der Waals surface area contributed by atoms with Gasteiger partial charge in [-0.3, -0.25) is 0 Å². The molecule has 1 aromatic heterocycles. The average molecular weight is 304 g/mol. The summed E-state index contributed by atoms with van der Waals surface area (Å²) in [5.74, 6) is 1.07. The van der Waals surface area contributed by atoms with Crippen LogP contribution in [0.15, 0.2) is 35.4 Å². The summed E-state index contributed by atoms with van der Waals surface area (Å²) in [7, 11) is -3.65. The molecule has 0 radical (unpaired) electrons. The fourth-order valence-corrected chi connectivity index (χ4v) is 2.80. The Labute approximate surface area is 123 Å². The van der Waals surface area contributed by atoms with E-state index in [9.17, 15) is 8.42 Å².